The van der Waals surface area contributed by atoms with Crippen LogP contribution in [0.2, 0.25) is 0 Å². The van der Waals surface area contributed by atoms with Crippen molar-refractivity contribution in [2.45, 2.75) is 13.3 Å². The maximum atomic E-state index is 11.0. The number of aryl methyl sites for hydroxylation is 1. The molecule has 0 N–H and O–H groups in total. The van der Waals surface area contributed by atoms with Gasteiger partial charge in [-0.05, 0) is 24.6 Å². The number of nitro benzene ring substituents is 2. The molecule has 0 aliphatic rings. The minimum Gasteiger partial charge on any atom is -0.261 e. The van der Waals surface area contributed by atoms with Crippen LogP contribution in [0.1, 0.15) is 16.8 Å². The van der Waals surface area contributed by atoms with Gasteiger partial charge in [-0.15, -0.1) is 0 Å². The molecule has 0 radical (unpaired) electrons. The molecule has 0 saturated carbocycles. The Balaban J connectivity index is 2.38. The van der Waals surface area contributed by atoms with Gasteiger partial charge < -0.3 is 0 Å². The van der Waals surface area contributed by atoms with Crippen molar-refractivity contribution in [2.75, 3.05) is 0 Å². The molecule has 1 heterocycles. The summed E-state index contributed by atoms with van der Waals surface area (Å²) in [5, 5.41) is 21.7. The smallest absolute Gasteiger partial charge is 0.261 e. The molecule has 102 valence electrons. The molecule has 20 heavy (non-hydrogen) atoms. The van der Waals surface area contributed by atoms with Crippen LogP contribution in [-0.4, -0.2) is 14.8 Å². The molecule has 7 heteroatoms. The van der Waals surface area contributed by atoms with E-state index in [1.807, 2.05) is 13.0 Å². The molecule has 0 spiro atoms. The first kappa shape index (κ1) is 13.6. The standard InChI is InChI=1S/C13H11N3O4/c1-9-2-4-11(14-8-9)6-10-3-5-12(15(17)18)7-13(10)16(19)20/h2-5,7-8H,6H2,1H3. The fourth-order valence-electron chi connectivity index (χ4n) is 1.78. The van der Waals surface area contributed by atoms with E-state index in [0.29, 0.717) is 11.3 Å². The minimum absolute atomic E-state index is 0.259. The van der Waals surface area contributed by atoms with E-state index in [9.17, 15) is 20.2 Å². The second-order valence-corrected chi connectivity index (χ2v) is 4.33. The summed E-state index contributed by atoms with van der Waals surface area (Å²) in [5.41, 5.74) is 1.51. The van der Waals surface area contributed by atoms with E-state index in [0.717, 1.165) is 11.6 Å². The Morgan fingerprint density at radius 1 is 1.10 bits per heavy atom. The predicted octanol–water partition coefficient (Wildman–Crippen LogP) is 2.80. The number of nitrogens with zero attached hydrogens (tertiary/aromatic N) is 3. The Bertz CT molecular complexity index is 668. The molecule has 0 saturated heterocycles. The molecule has 2 rings (SSSR count). The number of hydrogen-bond donors (Lipinski definition) is 0. The SMILES string of the molecule is Cc1ccc(Cc2ccc([N+](=O)[O-])cc2[N+](=O)[O-])nc1. The van der Waals surface area contributed by atoms with E-state index in [1.54, 1.807) is 12.3 Å². The lowest BCUT2D eigenvalue weighted by Gasteiger charge is -2.03. The van der Waals surface area contributed by atoms with Crippen molar-refractivity contribution in [2.24, 2.45) is 0 Å². The average molecular weight is 273 g/mol. The summed E-state index contributed by atoms with van der Waals surface area (Å²) in [5.74, 6) is 0. The monoisotopic (exact) mass is 273 g/mol. The Morgan fingerprint density at radius 2 is 1.85 bits per heavy atom. The molecule has 0 amide bonds. The maximum Gasteiger partial charge on any atom is 0.279 e. The van der Waals surface area contributed by atoms with E-state index in [2.05, 4.69) is 4.98 Å². The van der Waals surface area contributed by atoms with Gasteiger partial charge in [0.15, 0.2) is 0 Å². The summed E-state index contributed by atoms with van der Waals surface area (Å²) in [7, 11) is 0. The third-order valence-corrected chi connectivity index (χ3v) is 2.82. The van der Waals surface area contributed by atoms with Crippen molar-refractivity contribution >= 4 is 11.4 Å². The van der Waals surface area contributed by atoms with Gasteiger partial charge in [0.25, 0.3) is 11.4 Å². The molecule has 0 unspecified atom stereocenters. The highest BCUT2D eigenvalue weighted by Crippen LogP contribution is 2.26. The lowest BCUT2D eigenvalue weighted by molar-refractivity contribution is -0.394. The fourth-order valence-corrected chi connectivity index (χ4v) is 1.78. The number of hydrogen-bond acceptors (Lipinski definition) is 5. The Morgan fingerprint density at radius 3 is 2.40 bits per heavy atom. The number of pyridine rings is 1. The van der Waals surface area contributed by atoms with E-state index in [1.165, 1.54) is 12.1 Å². The predicted molar refractivity (Wildman–Crippen MR) is 71.5 cm³/mol. The van der Waals surface area contributed by atoms with Gasteiger partial charge in [0.2, 0.25) is 0 Å². The summed E-state index contributed by atoms with van der Waals surface area (Å²) in [6, 6.07) is 7.28. The Kier molecular flexibility index (Phi) is 3.69. The van der Waals surface area contributed by atoms with Crippen molar-refractivity contribution in [1.82, 2.24) is 4.98 Å². The molecule has 0 atom stereocenters. The van der Waals surface area contributed by atoms with Crippen molar-refractivity contribution in [3.8, 4) is 0 Å². The first-order valence-corrected chi connectivity index (χ1v) is 5.80. The second-order valence-electron chi connectivity index (χ2n) is 4.33. The van der Waals surface area contributed by atoms with Crippen LogP contribution in [0.5, 0.6) is 0 Å². The van der Waals surface area contributed by atoms with Gasteiger partial charge in [-0.1, -0.05) is 6.07 Å². The van der Waals surface area contributed by atoms with Crippen molar-refractivity contribution in [3.63, 3.8) is 0 Å². The van der Waals surface area contributed by atoms with Crippen LogP contribution in [0, 0.1) is 27.2 Å². The van der Waals surface area contributed by atoms with Gasteiger partial charge in [0.1, 0.15) is 0 Å². The zero-order valence-electron chi connectivity index (χ0n) is 10.6. The van der Waals surface area contributed by atoms with E-state index < -0.39 is 9.85 Å². The number of non-ortho nitro benzene ring substituents is 1. The fraction of sp³-hybridized carbons (Fsp3) is 0.154. The lowest BCUT2D eigenvalue weighted by Crippen LogP contribution is -2.00. The minimum atomic E-state index is -0.652. The molecule has 1 aromatic heterocycles. The molecule has 0 fully saturated rings. The van der Waals surface area contributed by atoms with Crippen LogP contribution in [0.25, 0.3) is 0 Å². The zero-order valence-corrected chi connectivity index (χ0v) is 10.6. The zero-order chi connectivity index (χ0) is 14.7. The summed E-state index contributed by atoms with van der Waals surface area (Å²) in [6.45, 7) is 1.89. The summed E-state index contributed by atoms with van der Waals surface area (Å²) >= 11 is 0. The number of rotatable bonds is 4. The molecule has 2 aromatic rings. The molecule has 7 nitrogen and oxygen atoms in total. The first-order valence-electron chi connectivity index (χ1n) is 5.80. The van der Waals surface area contributed by atoms with Crippen LogP contribution in [0.4, 0.5) is 11.4 Å². The van der Waals surface area contributed by atoms with Crippen LogP contribution < -0.4 is 0 Å². The largest absolute Gasteiger partial charge is 0.279 e. The third-order valence-electron chi connectivity index (χ3n) is 2.82. The normalized spacial score (nSPS) is 10.2. The average Bonchev–Trinajstić information content (AvgIpc) is 2.41. The number of nitro groups is 2. The maximum absolute atomic E-state index is 11.0. The van der Waals surface area contributed by atoms with Crippen LogP contribution in [-0.2, 0) is 6.42 Å². The molecule has 0 bridgehead atoms. The van der Waals surface area contributed by atoms with Crippen LogP contribution in [0.3, 0.4) is 0 Å². The van der Waals surface area contributed by atoms with Gasteiger partial charge in [0, 0.05) is 29.9 Å². The van der Waals surface area contributed by atoms with Gasteiger partial charge in [-0.25, -0.2) is 0 Å². The van der Waals surface area contributed by atoms with Gasteiger partial charge in [-0.3, -0.25) is 25.2 Å². The van der Waals surface area contributed by atoms with Crippen LogP contribution >= 0.6 is 0 Å². The van der Waals surface area contributed by atoms with Gasteiger partial charge in [-0.2, -0.15) is 0 Å². The summed E-state index contributed by atoms with van der Waals surface area (Å²) < 4.78 is 0. The highest BCUT2D eigenvalue weighted by atomic mass is 16.6. The summed E-state index contributed by atoms with van der Waals surface area (Å²) in [4.78, 5) is 24.6. The highest BCUT2D eigenvalue weighted by molar-refractivity contribution is 5.50. The van der Waals surface area contributed by atoms with Crippen molar-refractivity contribution in [3.05, 3.63) is 73.6 Å². The van der Waals surface area contributed by atoms with E-state index >= 15 is 0 Å². The van der Waals surface area contributed by atoms with Gasteiger partial charge >= 0.3 is 0 Å². The van der Waals surface area contributed by atoms with E-state index in [4.69, 9.17) is 0 Å². The highest BCUT2D eigenvalue weighted by Gasteiger charge is 2.19. The topological polar surface area (TPSA) is 99.2 Å². The van der Waals surface area contributed by atoms with Crippen molar-refractivity contribution in [1.29, 1.82) is 0 Å². The molecule has 0 aliphatic heterocycles. The van der Waals surface area contributed by atoms with Crippen molar-refractivity contribution < 1.29 is 9.85 Å². The number of aromatic nitrogens is 1. The molecular weight excluding hydrogens is 262 g/mol. The Labute approximate surface area is 114 Å². The quantitative estimate of drug-likeness (QED) is 0.629. The molecule has 0 aliphatic carbocycles. The Hall–Kier alpha value is -2.83. The first-order chi connectivity index (χ1) is 9.47. The third kappa shape index (κ3) is 2.94. The second kappa shape index (κ2) is 5.43. The molecule has 1 aromatic carbocycles. The van der Waals surface area contributed by atoms with Gasteiger partial charge in [0.05, 0.1) is 15.9 Å². The lowest BCUT2D eigenvalue weighted by atomic mass is 10.1. The van der Waals surface area contributed by atoms with Crippen LogP contribution in [0.15, 0.2) is 36.5 Å². The van der Waals surface area contributed by atoms with E-state index in [-0.39, 0.29) is 17.8 Å². The molecular formula is C13H11N3O4. The number of benzene rings is 1. The summed E-state index contributed by atoms with van der Waals surface area (Å²) in [6.07, 6.45) is 1.93.